The molecule has 0 spiro atoms. The number of nitrogens with zero attached hydrogens (tertiary/aromatic N) is 2. The van der Waals surface area contributed by atoms with Crippen molar-refractivity contribution in [1.82, 2.24) is 9.38 Å². The highest BCUT2D eigenvalue weighted by atomic mass is 19.4. The van der Waals surface area contributed by atoms with Gasteiger partial charge in [-0.1, -0.05) is 6.07 Å². The molecule has 2 aromatic heterocycles. The van der Waals surface area contributed by atoms with Crippen LogP contribution in [0.4, 0.5) is 23.2 Å². The monoisotopic (exact) mass is 491 g/mol. The first-order valence-corrected chi connectivity index (χ1v) is 11.4. The van der Waals surface area contributed by atoms with Gasteiger partial charge in [0.2, 0.25) is 0 Å². The Morgan fingerprint density at radius 3 is 2.63 bits per heavy atom. The van der Waals surface area contributed by atoms with Crippen molar-refractivity contribution in [2.24, 2.45) is 0 Å². The molecule has 3 heterocycles. The van der Waals surface area contributed by atoms with E-state index in [9.17, 15) is 22.4 Å². The number of aromatic nitrogens is 2. The van der Waals surface area contributed by atoms with Crippen LogP contribution in [0.15, 0.2) is 36.7 Å². The number of carbonyl (C=O) groups is 1. The Morgan fingerprint density at radius 2 is 2.03 bits per heavy atom. The molecule has 3 aromatic rings. The molecule has 1 saturated carbocycles. The van der Waals surface area contributed by atoms with Crippen molar-refractivity contribution in [2.75, 3.05) is 11.9 Å². The molecule has 2 aliphatic rings. The molecule has 186 valence electrons. The van der Waals surface area contributed by atoms with Crippen LogP contribution in [0.2, 0.25) is 0 Å². The van der Waals surface area contributed by atoms with Crippen molar-refractivity contribution in [3.8, 4) is 5.75 Å². The van der Waals surface area contributed by atoms with Crippen LogP contribution in [-0.4, -0.2) is 33.6 Å². The van der Waals surface area contributed by atoms with E-state index in [1.807, 2.05) is 6.20 Å². The lowest BCUT2D eigenvalue weighted by Gasteiger charge is -2.24. The lowest BCUT2D eigenvalue weighted by Crippen LogP contribution is -2.26. The van der Waals surface area contributed by atoms with E-state index in [0.29, 0.717) is 18.3 Å². The summed E-state index contributed by atoms with van der Waals surface area (Å²) in [5.41, 5.74) is -0.902. The normalized spacial score (nSPS) is 23.9. The molecule has 6 nitrogen and oxygen atoms in total. The molecule has 1 saturated heterocycles. The highest BCUT2D eigenvalue weighted by molar-refractivity contribution is 6.06. The summed E-state index contributed by atoms with van der Waals surface area (Å²) in [5.74, 6) is -2.15. The zero-order chi connectivity index (χ0) is 25.2. The molecule has 2 fully saturated rings. The van der Waals surface area contributed by atoms with Crippen LogP contribution in [0.1, 0.15) is 61.6 Å². The van der Waals surface area contributed by atoms with Gasteiger partial charge >= 0.3 is 6.18 Å². The predicted molar refractivity (Wildman–Crippen MR) is 120 cm³/mol. The van der Waals surface area contributed by atoms with E-state index in [1.165, 1.54) is 6.20 Å². The van der Waals surface area contributed by atoms with Gasteiger partial charge in [-0.3, -0.25) is 4.79 Å². The Hall–Kier alpha value is -3.14. The van der Waals surface area contributed by atoms with E-state index in [0.717, 1.165) is 37.1 Å². The molecule has 1 aliphatic carbocycles. The summed E-state index contributed by atoms with van der Waals surface area (Å²) in [6.45, 7) is 6.24. The molecule has 0 radical (unpaired) electrons. The number of nitrogens with one attached hydrogen (secondary N) is 1. The van der Waals surface area contributed by atoms with E-state index in [-0.39, 0.29) is 28.4 Å². The minimum absolute atomic E-state index is 0.0448. The third-order valence-electron chi connectivity index (χ3n) is 6.80. The zero-order valence-corrected chi connectivity index (χ0v) is 19.5. The van der Waals surface area contributed by atoms with Gasteiger partial charge in [-0.15, -0.1) is 0 Å². The molecule has 2 bridgehead atoms. The highest BCUT2D eigenvalue weighted by Gasteiger charge is 2.55. The summed E-state index contributed by atoms with van der Waals surface area (Å²) in [7, 11) is 0. The van der Waals surface area contributed by atoms with Crippen LogP contribution in [0, 0.1) is 5.82 Å². The molecule has 1 aliphatic heterocycles. The van der Waals surface area contributed by atoms with Crippen molar-refractivity contribution < 1.29 is 31.8 Å². The average Bonchev–Trinajstić information content (AvgIpc) is 3.44. The first-order valence-electron chi connectivity index (χ1n) is 11.4. The smallest absolute Gasteiger partial charge is 0.419 e. The zero-order valence-electron chi connectivity index (χ0n) is 19.5. The molecule has 1 N–H and O–H groups in total. The van der Waals surface area contributed by atoms with Crippen molar-refractivity contribution in [3.63, 3.8) is 0 Å². The molecule has 2 atom stereocenters. The third-order valence-corrected chi connectivity index (χ3v) is 6.80. The largest absolute Gasteiger partial charge is 0.490 e. The Morgan fingerprint density at radius 1 is 1.26 bits per heavy atom. The van der Waals surface area contributed by atoms with Gasteiger partial charge in [-0.2, -0.15) is 13.2 Å². The number of carbonyl (C=O) groups excluding carboxylic acids is 1. The predicted octanol–water partition coefficient (Wildman–Crippen LogP) is 5.74. The first-order chi connectivity index (χ1) is 16.4. The number of hydrogen-bond acceptors (Lipinski definition) is 4. The third kappa shape index (κ3) is 4.13. The summed E-state index contributed by atoms with van der Waals surface area (Å²) in [4.78, 5) is 17.9. The van der Waals surface area contributed by atoms with Crippen molar-refractivity contribution in [2.45, 2.75) is 63.3 Å². The van der Waals surface area contributed by atoms with Gasteiger partial charge in [-0.05, 0) is 52.2 Å². The fourth-order valence-electron chi connectivity index (χ4n) is 5.08. The number of imidazole rings is 1. The molecule has 35 heavy (non-hydrogen) atoms. The summed E-state index contributed by atoms with van der Waals surface area (Å²) >= 11 is 0. The fraction of sp³-hybridized carbons (Fsp3) is 0.440. The summed E-state index contributed by atoms with van der Waals surface area (Å²) in [5, 5.41) is 2.26. The van der Waals surface area contributed by atoms with E-state index in [1.54, 1.807) is 24.3 Å². The van der Waals surface area contributed by atoms with Gasteiger partial charge in [0.1, 0.15) is 11.4 Å². The van der Waals surface area contributed by atoms with Crippen LogP contribution >= 0.6 is 0 Å². The van der Waals surface area contributed by atoms with Crippen LogP contribution in [0.3, 0.4) is 0 Å². The Bertz CT molecular complexity index is 1310. The molecule has 5 rings (SSSR count). The SMILES string of the molecule is CC(C)Oc1cc2nc(C34CCC(C)(C3)OC4)cn2cc1C(=O)Nc1cccc(C(F)(F)F)c1F. The highest BCUT2D eigenvalue weighted by Crippen LogP contribution is 2.53. The van der Waals surface area contributed by atoms with Gasteiger partial charge in [0.05, 0.1) is 40.8 Å². The summed E-state index contributed by atoms with van der Waals surface area (Å²) in [6, 6.07) is 4.35. The van der Waals surface area contributed by atoms with Crippen LogP contribution in [-0.2, 0) is 16.3 Å². The van der Waals surface area contributed by atoms with Crippen LogP contribution in [0.25, 0.3) is 5.65 Å². The van der Waals surface area contributed by atoms with Crippen LogP contribution in [0.5, 0.6) is 5.75 Å². The van der Waals surface area contributed by atoms with Crippen molar-refractivity contribution in [1.29, 1.82) is 0 Å². The molecule has 10 heteroatoms. The number of amides is 1. The summed E-state index contributed by atoms with van der Waals surface area (Å²) in [6.07, 6.45) is 0.927. The second-order valence-electron chi connectivity index (χ2n) is 9.92. The van der Waals surface area contributed by atoms with Crippen LogP contribution < -0.4 is 10.1 Å². The molecular weight excluding hydrogens is 466 g/mol. The standard InChI is InChI=1S/C25H25F4N3O3/c1-14(2)35-18-9-20-31-19(24-8-7-23(3,12-24)34-13-24)11-32(20)10-15(18)22(33)30-17-6-4-5-16(21(17)26)25(27,28)29/h4-6,9-11,14H,7-8,12-13H2,1-3H3,(H,30,33). The fourth-order valence-corrected chi connectivity index (χ4v) is 5.08. The number of alkyl halides is 3. The number of ether oxygens (including phenoxy) is 2. The van der Waals surface area contributed by atoms with Gasteiger partial charge < -0.3 is 19.2 Å². The number of anilines is 1. The number of pyridine rings is 1. The summed E-state index contributed by atoms with van der Waals surface area (Å²) < 4.78 is 67.3. The Kier molecular flexibility index (Phi) is 5.35. The van der Waals surface area contributed by atoms with Crippen molar-refractivity contribution >= 4 is 17.2 Å². The molecule has 2 unspecified atom stereocenters. The van der Waals surface area contributed by atoms with E-state index >= 15 is 0 Å². The minimum atomic E-state index is -4.89. The average molecular weight is 491 g/mol. The lowest BCUT2D eigenvalue weighted by atomic mass is 9.84. The Balaban J connectivity index is 1.52. The Labute approximate surface area is 199 Å². The topological polar surface area (TPSA) is 64.9 Å². The molecule has 1 aromatic carbocycles. The van der Waals surface area contributed by atoms with E-state index in [4.69, 9.17) is 14.5 Å². The number of fused-ring (bicyclic) bond motifs is 3. The maximum Gasteiger partial charge on any atom is 0.419 e. The quantitative estimate of drug-likeness (QED) is 0.462. The molecular formula is C25H25F4N3O3. The van der Waals surface area contributed by atoms with Gasteiger partial charge in [0.15, 0.2) is 5.82 Å². The lowest BCUT2D eigenvalue weighted by molar-refractivity contribution is -0.139. The molecule has 1 amide bonds. The number of benzene rings is 1. The number of hydrogen-bond donors (Lipinski definition) is 1. The number of rotatable bonds is 5. The second-order valence-corrected chi connectivity index (χ2v) is 9.92. The maximum atomic E-state index is 14.5. The maximum absolute atomic E-state index is 14.5. The van der Waals surface area contributed by atoms with Gasteiger partial charge in [0.25, 0.3) is 5.91 Å². The van der Waals surface area contributed by atoms with E-state index in [2.05, 4.69) is 12.2 Å². The van der Waals surface area contributed by atoms with Gasteiger partial charge in [-0.25, -0.2) is 9.37 Å². The van der Waals surface area contributed by atoms with Crippen molar-refractivity contribution in [3.05, 3.63) is 59.3 Å². The van der Waals surface area contributed by atoms with E-state index < -0.39 is 29.2 Å². The minimum Gasteiger partial charge on any atom is -0.490 e. The second kappa shape index (κ2) is 7.94. The first kappa shape index (κ1) is 23.6. The van der Waals surface area contributed by atoms with Gasteiger partial charge in [0, 0.05) is 23.9 Å². The number of halogens is 4.